The second-order valence-corrected chi connectivity index (χ2v) is 9.27. The van der Waals surface area contributed by atoms with Gasteiger partial charge in [0.25, 0.3) is 5.91 Å². The van der Waals surface area contributed by atoms with Gasteiger partial charge in [0.1, 0.15) is 0 Å². The molecular formula is C24H27ClN2O3S. The highest BCUT2D eigenvalue weighted by Gasteiger charge is 2.28. The lowest BCUT2D eigenvalue weighted by atomic mass is 9.98. The summed E-state index contributed by atoms with van der Waals surface area (Å²) in [5, 5.41) is 1.51. The van der Waals surface area contributed by atoms with Gasteiger partial charge in [0.2, 0.25) is 0 Å². The second-order valence-electron chi connectivity index (χ2n) is 7.80. The van der Waals surface area contributed by atoms with Crippen molar-refractivity contribution in [2.24, 2.45) is 0 Å². The zero-order valence-electron chi connectivity index (χ0n) is 17.9. The summed E-state index contributed by atoms with van der Waals surface area (Å²) >= 11 is 8.19. The van der Waals surface area contributed by atoms with E-state index in [-0.39, 0.29) is 11.8 Å². The first-order valence-corrected chi connectivity index (χ1v) is 11.9. The van der Waals surface area contributed by atoms with E-state index in [1.165, 1.54) is 4.70 Å². The molecule has 1 amide bonds. The summed E-state index contributed by atoms with van der Waals surface area (Å²) in [5.41, 5.74) is 1.55. The number of unbranched alkanes of at least 4 members (excludes halogenated alkanes) is 1. The first kappa shape index (κ1) is 21.9. The summed E-state index contributed by atoms with van der Waals surface area (Å²) in [7, 11) is 1.57. The van der Waals surface area contributed by atoms with Crippen LogP contribution in [0.4, 0.5) is 0 Å². The van der Waals surface area contributed by atoms with Crippen LogP contribution >= 0.6 is 22.9 Å². The van der Waals surface area contributed by atoms with E-state index in [1.54, 1.807) is 30.6 Å². The Hall–Kier alpha value is -2.31. The molecule has 0 aliphatic carbocycles. The van der Waals surface area contributed by atoms with Crippen LogP contribution < -0.4 is 9.47 Å². The number of benzene rings is 2. The fraction of sp³-hybridized carbons (Fsp3) is 0.417. The van der Waals surface area contributed by atoms with Gasteiger partial charge in [0, 0.05) is 24.6 Å². The molecule has 0 unspecified atom stereocenters. The summed E-state index contributed by atoms with van der Waals surface area (Å²) in [6, 6.07) is 11.6. The largest absolute Gasteiger partial charge is 0.493 e. The van der Waals surface area contributed by atoms with Crippen molar-refractivity contribution < 1.29 is 14.3 Å². The van der Waals surface area contributed by atoms with Crippen LogP contribution in [-0.2, 0) is 0 Å². The quantitative estimate of drug-likeness (QED) is 0.398. The van der Waals surface area contributed by atoms with Gasteiger partial charge in [-0.1, -0.05) is 37.1 Å². The lowest BCUT2D eigenvalue weighted by Gasteiger charge is -2.32. The molecule has 31 heavy (non-hydrogen) atoms. The van der Waals surface area contributed by atoms with Crippen LogP contribution in [0, 0.1) is 0 Å². The molecule has 3 aromatic rings. The first-order chi connectivity index (χ1) is 15.1. The van der Waals surface area contributed by atoms with Crippen LogP contribution in [-0.4, -0.2) is 42.6 Å². The highest BCUT2D eigenvalue weighted by molar-refractivity contribution is 7.18. The van der Waals surface area contributed by atoms with Gasteiger partial charge in [0.05, 0.1) is 34.0 Å². The number of hydrogen-bond donors (Lipinski definition) is 0. The number of aromatic nitrogens is 1. The van der Waals surface area contributed by atoms with Gasteiger partial charge in [-0.2, -0.15) is 0 Å². The van der Waals surface area contributed by atoms with Crippen molar-refractivity contribution in [3.8, 4) is 11.5 Å². The molecule has 2 heterocycles. The Morgan fingerprint density at radius 2 is 2.16 bits per heavy atom. The highest BCUT2D eigenvalue weighted by atomic mass is 35.5. The molecule has 0 radical (unpaired) electrons. The van der Waals surface area contributed by atoms with Crippen LogP contribution in [0.5, 0.6) is 11.5 Å². The molecule has 1 aliphatic heterocycles. The van der Waals surface area contributed by atoms with E-state index in [1.807, 2.05) is 23.1 Å². The standard InChI is InChI=1S/C24H27ClN2O3S/c1-3-4-12-30-22-18(25)13-17(14-20(22)29-2)24(28)27-11-7-8-16(15-27)23-26-19-9-5-6-10-21(19)31-23/h5-6,9-10,13-14,16H,3-4,7-8,11-12,15H2,1-2H3/t16-/m0/s1. The van der Waals surface area contributed by atoms with Crippen molar-refractivity contribution >= 4 is 39.1 Å². The van der Waals surface area contributed by atoms with Crippen LogP contribution in [0.25, 0.3) is 10.2 Å². The van der Waals surface area contributed by atoms with Crippen LogP contribution in [0.3, 0.4) is 0 Å². The number of halogens is 1. The number of nitrogens with zero attached hydrogens (tertiary/aromatic N) is 2. The highest BCUT2D eigenvalue weighted by Crippen LogP contribution is 2.38. The van der Waals surface area contributed by atoms with Crippen molar-refractivity contribution in [3.63, 3.8) is 0 Å². The Kier molecular flexibility index (Phi) is 6.98. The number of hydrogen-bond acceptors (Lipinski definition) is 5. The molecular weight excluding hydrogens is 432 g/mol. The summed E-state index contributed by atoms with van der Waals surface area (Å²) in [4.78, 5) is 20.0. The minimum atomic E-state index is -0.0360. The third-order valence-electron chi connectivity index (χ3n) is 5.59. The van der Waals surface area contributed by atoms with Crippen molar-refractivity contribution in [2.45, 2.75) is 38.5 Å². The van der Waals surface area contributed by atoms with Crippen molar-refractivity contribution in [3.05, 3.63) is 52.0 Å². The Morgan fingerprint density at radius 3 is 2.94 bits per heavy atom. The van der Waals surface area contributed by atoms with Crippen molar-refractivity contribution in [2.75, 3.05) is 26.8 Å². The van der Waals surface area contributed by atoms with Crippen LogP contribution in [0.1, 0.15) is 53.9 Å². The molecule has 1 atom stereocenters. The number of fused-ring (bicyclic) bond motifs is 1. The van der Waals surface area contributed by atoms with E-state index < -0.39 is 0 Å². The minimum absolute atomic E-state index is 0.0360. The number of rotatable bonds is 7. The molecule has 0 saturated carbocycles. The molecule has 0 bridgehead atoms. The molecule has 5 nitrogen and oxygen atoms in total. The number of thiazole rings is 1. The van der Waals surface area contributed by atoms with E-state index in [9.17, 15) is 4.79 Å². The molecule has 0 N–H and O–H groups in total. The molecule has 7 heteroatoms. The van der Waals surface area contributed by atoms with E-state index in [0.29, 0.717) is 35.2 Å². The number of amides is 1. The number of methoxy groups -OCH3 is 1. The number of para-hydroxylation sites is 1. The molecule has 4 rings (SSSR count). The average molecular weight is 459 g/mol. The van der Waals surface area contributed by atoms with Gasteiger partial charge < -0.3 is 14.4 Å². The van der Waals surface area contributed by atoms with Crippen LogP contribution in [0.15, 0.2) is 36.4 Å². The normalized spacial score (nSPS) is 16.5. The Morgan fingerprint density at radius 1 is 1.32 bits per heavy atom. The fourth-order valence-corrected chi connectivity index (χ4v) is 5.27. The Labute approximate surface area is 191 Å². The molecule has 0 spiro atoms. The maximum atomic E-state index is 13.3. The summed E-state index contributed by atoms with van der Waals surface area (Å²) in [6.07, 6.45) is 3.95. The molecule has 1 aliphatic rings. The third kappa shape index (κ3) is 4.80. The summed E-state index contributed by atoms with van der Waals surface area (Å²) in [5.74, 6) is 1.21. The Bertz CT molecular complexity index is 1040. The van der Waals surface area contributed by atoms with Gasteiger partial charge in [-0.3, -0.25) is 4.79 Å². The molecule has 1 aromatic heterocycles. The van der Waals surface area contributed by atoms with Gasteiger partial charge in [-0.15, -0.1) is 11.3 Å². The fourth-order valence-electron chi connectivity index (χ4n) is 3.91. The van der Waals surface area contributed by atoms with E-state index >= 15 is 0 Å². The minimum Gasteiger partial charge on any atom is -0.493 e. The van der Waals surface area contributed by atoms with Crippen molar-refractivity contribution in [1.29, 1.82) is 0 Å². The lowest BCUT2D eigenvalue weighted by molar-refractivity contribution is 0.0706. The van der Waals surface area contributed by atoms with Gasteiger partial charge in [0.15, 0.2) is 11.5 Å². The number of piperidine rings is 1. The summed E-state index contributed by atoms with van der Waals surface area (Å²) in [6.45, 7) is 4.06. The zero-order chi connectivity index (χ0) is 21.8. The topological polar surface area (TPSA) is 51.7 Å². The molecule has 1 saturated heterocycles. The van der Waals surface area contributed by atoms with E-state index in [0.717, 1.165) is 42.8 Å². The van der Waals surface area contributed by atoms with E-state index in [4.69, 9.17) is 26.1 Å². The van der Waals surface area contributed by atoms with Gasteiger partial charge in [-0.05, 0) is 43.5 Å². The molecule has 1 fully saturated rings. The molecule has 2 aromatic carbocycles. The first-order valence-electron chi connectivity index (χ1n) is 10.8. The monoisotopic (exact) mass is 458 g/mol. The second kappa shape index (κ2) is 9.88. The summed E-state index contributed by atoms with van der Waals surface area (Å²) < 4.78 is 12.5. The smallest absolute Gasteiger partial charge is 0.254 e. The Balaban J connectivity index is 1.52. The van der Waals surface area contributed by atoms with E-state index in [2.05, 4.69) is 13.0 Å². The van der Waals surface area contributed by atoms with Gasteiger partial charge in [-0.25, -0.2) is 4.98 Å². The average Bonchev–Trinajstić information content (AvgIpc) is 3.24. The maximum absolute atomic E-state index is 13.3. The van der Waals surface area contributed by atoms with Gasteiger partial charge >= 0.3 is 0 Å². The predicted molar refractivity (Wildman–Crippen MR) is 126 cm³/mol. The number of carbonyl (C=O) groups excluding carboxylic acids is 1. The SMILES string of the molecule is CCCCOc1c(Cl)cc(C(=O)N2CCC[C@H](c3nc4ccccc4s3)C2)cc1OC. The number of likely N-dealkylation sites (tertiary alicyclic amines) is 1. The predicted octanol–water partition coefficient (Wildman–Crippen LogP) is 6.16. The number of carbonyl (C=O) groups is 1. The van der Waals surface area contributed by atoms with Crippen molar-refractivity contribution in [1.82, 2.24) is 9.88 Å². The zero-order valence-corrected chi connectivity index (χ0v) is 19.5. The lowest BCUT2D eigenvalue weighted by Crippen LogP contribution is -2.39. The number of ether oxygens (including phenoxy) is 2. The third-order valence-corrected chi connectivity index (χ3v) is 7.07. The maximum Gasteiger partial charge on any atom is 0.254 e. The molecule has 164 valence electrons. The van der Waals surface area contributed by atoms with Crippen LogP contribution in [0.2, 0.25) is 5.02 Å².